The van der Waals surface area contributed by atoms with Gasteiger partial charge in [-0.2, -0.15) is 4.98 Å². The summed E-state index contributed by atoms with van der Waals surface area (Å²) in [6.45, 7) is 1.94. The van der Waals surface area contributed by atoms with Crippen LogP contribution in [0.5, 0.6) is 0 Å². The van der Waals surface area contributed by atoms with E-state index in [0.717, 1.165) is 36.8 Å². The highest BCUT2D eigenvalue weighted by Crippen LogP contribution is 2.36. The van der Waals surface area contributed by atoms with E-state index in [2.05, 4.69) is 10.1 Å². The van der Waals surface area contributed by atoms with Crippen LogP contribution in [0.25, 0.3) is 11.5 Å². The summed E-state index contributed by atoms with van der Waals surface area (Å²) in [6.07, 6.45) is 4.08. The largest absolute Gasteiger partial charge is 0.334 e. The van der Waals surface area contributed by atoms with Gasteiger partial charge in [0.1, 0.15) is 0 Å². The van der Waals surface area contributed by atoms with Crippen LogP contribution in [0, 0.1) is 6.92 Å². The summed E-state index contributed by atoms with van der Waals surface area (Å²) in [6, 6.07) is 5.65. The Morgan fingerprint density at radius 2 is 2.00 bits per heavy atom. The molecule has 0 aliphatic heterocycles. The van der Waals surface area contributed by atoms with E-state index < -0.39 is 5.54 Å². The third-order valence-electron chi connectivity index (χ3n) is 3.87. The Morgan fingerprint density at radius 1 is 1.30 bits per heavy atom. The summed E-state index contributed by atoms with van der Waals surface area (Å²) in [4.78, 5) is 4.47. The van der Waals surface area contributed by atoms with Crippen LogP contribution in [-0.2, 0) is 5.54 Å². The maximum atomic E-state index is 6.33. The Morgan fingerprint density at radius 3 is 2.70 bits per heavy atom. The van der Waals surface area contributed by atoms with Gasteiger partial charge in [0.05, 0.1) is 5.54 Å². The summed E-state index contributed by atoms with van der Waals surface area (Å²) >= 11 is 6.11. The van der Waals surface area contributed by atoms with Crippen molar-refractivity contribution >= 4 is 24.0 Å². The summed E-state index contributed by atoms with van der Waals surface area (Å²) in [7, 11) is 0. The monoisotopic (exact) mass is 313 g/mol. The van der Waals surface area contributed by atoms with Gasteiger partial charge in [-0.15, -0.1) is 12.4 Å². The fourth-order valence-electron chi connectivity index (χ4n) is 2.60. The fraction of sp³-hybridized carbons (Fsp3) is 0.429. The van der Waals surface area contributed by atoms with Gasteiger partial charge < -0.3 is 10.3 Å². The van der Waals surface area contributed by atoms with Crippen molar-refractivity contribution in [3.63, 3.8) is 0 Å². The number of nitrogens with zero attached hydrogens (tertiary/aromatic N) is 2. The molecule has 1 aromatic heterocycles. The molecule has 0 radical (unpaired) electrons. The fourth-order valence-corrected chi connectivity index (χ4v) is 2.78. The second-order valence-electron chi connectivity index (χ2n) is 5.20. The second-order valence-corrected chi connectivity index (χ2v) is 5.61. The molecule has 20 heavy (non-hydrogen) atoms. The smallest absolute Gasteiger partial charge is 0.258 e. The Kier molecular flexibility index (Phi) is 4.37. The Balaban J connectivity index is 0.00000147. The lowest BCUT2D eigenvalue weighted by atomic mass is 9.98. The summed E-state index contributed by atoms with van der Waals surface area (Å²) < 4.78 is 5.36. The van der Waals surface area contributed by atoms with Gasteiger partial charge in [-0.3, -0.25) is 0 Å². The van der Waals surface area contributed by atoms with Gasteiger partial charge in [-0.25, -0.2) is 0 Å². The summed E-state index contributed by atoms with van der Waals surface area (Å²) in [5, 5.41) is 4.76. The van der Waals surface area contributed by atoms with Gasteiger partial charge in [0, 0.05) is 10.6 Å². The SMILES string of the molecule is Cc1c(Cl)cccc1-c1nc(C2(N)CCCC2)no1.Cl. The molecule has 1 fully saturated rings. The maximum absolute atomic E-state index is 6.33. The first-order valence-electron chi connectivity index (χ1n) is 6.49. The lowest BCUT2D eigenvalue weighted by Gasteiger charge is -2.17. The van der Waals surface area contributed by atoms with Gasteiger partial charge in [-0.05, 0) is 37.5 Å². The molecule has 1 aliphatic rings. The highest BCUT2D eigenvalue weighted by atomic mass is 35.5. The van der Waals surface area contributed by atoms with Gasteiger partial charge in [0.25, 0.3) is 5.89 Å². The van der Waals surface area contributed by atoms with E-state index in [1.165, 1.54) is 0 Å². The third kappa shape index (κ3) is 2.55. The van der Waals surface area contributed by atoms with Crippen LogP contribution in [0.3, 0.4) is 0 Å². The zero-order valence-corrected chi connectivity index (χ0v) is 12.8. The van der Waals surface area contributed by atoms with Crippen molar-refractivity contribution in [3.05, 3.63) is 34.6 Å². The predicted octanol–water partition coefficient (Wildman–Crippen LogP) is 3.85. The molecule has 0 amide bonds. The summed E-state index contributed by atoms with van der Waals surface area (Å²) in [5.74, 6) is 1.10. The van der Waals surface area contributed by atoms with E-state index >= 15 is 0 Å². The van der Waals surface area contributed by atoms with Crippen LogP contribution >= 0.6 is 24.0 Å². The van der Waals surface area contributed by atoms with E-state index in [9.17, 15) is 0 Å². The quantitative estimate of drug-likeness (QED) is 0.914. The standard InChI is InChI=1S/C14H16ClN3O.ClH/c1-9-10(5-4-6-11(9)15)12-17-13(18-19-12)14(16)7-2-3-8-14;/h4-6H,2-3,7-8,16H2,1H3;1H. The molecule has 0 unspecified atom stereocenters. The molecular weight excluding hydrogens is 297 g/mol. The molecule has 3 rings (SSSR count). The Labute approximate surface area is 129 Å². The average molecular weight is 314 g/mol. The number of nitrogens with two attached hydrogens (primary N) is 1. The highest BCUT2D eigenvalue weighted by Gasteiger charge is 2.36. The van der Waals surface area contributed by atoms with Crippen molar-refractivity contribution in [1.82, 2.24) is 10.1 Å². The van der Waals surface area contributed by atoms with Crippen molar-refractivity contribution in [1.29, 1.82) is 0 Å². The normalized spacial score (nSPS) is 16.9. The molecule has 2 aromatic rings. The minimum atomic E-state index is -0.422. The van der Waals surface area contributed by atoms with Crippen LogP contribution in [0.2, 0.25) is 5.02 Å². The van der Waals surface area contributed by atoms with Crippen LogP contribution < -0.4 is 5.73 Å². The molecule has 1 aromatic carbocycles. The lowest BCUT2D eigenvalue weighted by molar-refractivity contribution is 0.372. The molecule has 1 heterocycles. The van der Waals surface area contributed by atoms with E-state index in [1.54, 1.807) is 0 Å². The minimum absolute atomic E-state index is 0. The zero-order valence-electron chi connectivity index (χ0n) is 11.2. The van der Waals surface area contributed by atoms with Crippen LogP contribution in [-0.4, -0.2) is 10.1 Å². The molecule has 1 saturated carbocycles. The number of rotatable bonds is 2. The molecular formula is C14H17Cl2N3O. The number of benzene rings is 1. The molecule has 0 bridgehead atoms. The number of halogens is 2. The first-order valence-corrected chi connectivity index (χ1v) is 6.86. The third-order valence-corrected chi connectivity index (χ3v) is 4.27. The van der Waals surface area contributed by atoms with Crippen molar-refractivity contribution < 1.29 is 4.52 Å². The topological polar surface area (TPSA) is 64.9 Å². The Bertz CT molecular complexity index is 606. The minimum Gasteiger partial charge on any atom is -0.334 e. The van der Waals surface area contributed by atoms with Gasteiger partial charge >= 0.3 is 0 Å². The maximum Gasteiger partial charge on any atom is 0.258 e. The number of hydrogen-bond donors (Lipinski definition) is 1. The van der Waals surface area contributed by atoms with E-state index in [0.29, 0.717) is 16.7 Å². The lowest BCUT2D eigenvalue weighted by Crippen LogP contribution is -2.34. The second kappa shape index (κ2) is 5.72. The molecule has 2 N–H and O–H groups in total. The first-order chi connectivity index (χ1) is 9.10. The van der Waals surface area contributed by atoms with Crippen LogP contribution in [0.1, 0.15) is 37.1 Å². The molecule has 108 valence electrons. The van der Waals surface area contributed by atoms with Crippen molar-refractivity contribution in [2.45, 2.75) is 38.1 Å². The number of aromatic nitrogens is 2. The van der Waals surface area contributed by atoms with Crippen molar-refractivity contribution in [3.8, 4) is 11.5 Å². The van der Waals surface area contributed by atoms with Crippen LogP contribution in [0.4, 0.5) is 0 Å². The van der Waals surface area contributed by atoms with Gasteiger partial charge in [0.15, 0.2) is 5.82 Å². The van der Waals surface area contributed by atoms with Gasteiger partial charge in [-0.1, -0.05) is 35.7 Å². The highest BCUT2D eigenvalue weighted by molar-refractivity contribution is 6.31. The van der Waals surface area contributed by atoms with E-state index in [4.69, 9.17) is 21.9 Å². The zero-order chi connectivity index (χ0) is 13.5. The van der Waals surface area contributed by atoms with Crippen molar-refractivity contribution in [2.75, 3.05) is 0 Å². The molecule has 0 saturated heterocycles. The van der Waals surface area contributed by atoms with Gasteiger partial charge in [0.2, 0.25) is 0 Å². The molecule has 0 atom stereocenters. The molecule has 1 aliphatic carbocycles. The number of hydrogen-bond acceptors (Lipinski definition) is 4. The van der Waals surface area contributed by atoms with E-state index in [1.807, 2.05) is 25.1 Å². The molecule has 4 nitrogen and oxygen atoms in total. The average Bonchev–Trinajstić information content (AvgIpc) is 3.02. The predicted molar refractivity (Wildman–Crippen MR) is 81.1 cm³/mol. The Hall–Kier alpha value is -1.10. The first kappa shape index (κ1) is 15.3. The van der Waals surface area contributed by atoms with Crippen molar-refractivity contribution in [2.24, 2.45) is 5.73 Å². The molecule has 6 heteroatoms. The summed E-state index contributed by atoms with van der Waals surface area (Å²) in [5.41, 5.74) is 7.72. The van der Waals surface area contributed by atoms with Crippen LogP contribution in [0.15, 0.2) is 22.7 Å². The van der Waals surface area contributed by atoms with E-state index in [-0.39, 0.29) is 12.4 Å². The molecule has 0 spiro atoms.